The lowest BCUT2D eigenvalue weighted by atomic mass is 10.2. The van der Waals surface area contributed by atoms with Crippen LogP contribution < -0.4 is 5.32 Å². The Morgan fingerprint density at radius 2 is 2.05 bits per heavy atom. The number of halogens is 4. The molecule has 0 aliphatic carbocycles. The summed E-state index contributed by atoms with van der Waals surface area (Å²) < 4.78 is 52.7. The van der Waals surface area contributed by atoms with Gasteiger partial charge in [0.15, 0.2) is 0 Å². The summed E-state index contributed by atoms with van der Waals surface area (Å²) in [6, 6.07) is 2.27. The molecule has 0 spiro atoms. The van der Waals surface area contributed by atoms with Crippen molar-refractivity contribution in [1.29, 1.82) is 0 Å². The molecule has 19 heavy (non-hydrogen) atoms. The normalized spacial score (nSPS) is 11.6. The van der Waals surface area contributed by atoms with Gasteiger partial charge >= 0.3 is 6.18 Å². The highest BCUT2D eigenvalue weighted by Gasteiger charge is 2.31. The van der Waals surface area contributed by atoms with Crippen LogP contribution in [0.1, 0.15) is 11.3 Å². The van der Waals surface area contributed by atoms with E-state index in [2.05, 4.69) is 10.3 Å². The van der Waals surface area contributed by atoms with E-state index in [4.69, 9.17) is 0 Å². The molecule has 0 fully saturated rings. The highest BCUT2D eigenvalue weighted by Crippen LogP contribution is 2.31. The zero-order chi connectivity index (χ0) is 14.0. The summed E-state index contributed by atoms with van der Waals surface area (Å²) in [6.45, 7) is 0.189. The zero-order valence-corrected chi connectivity index (χ0v) is 10.0. The summed E-state index contributed by atoms with van der Waals surface area (Å²) in [5.74, 6) is -0.727. The maximum atomic E-state index is 13.4. The average Bonchev–Trinajstić information content (AvgIpc) is 2.72. The van der Waals surface area contributed by atoms with Gasteiger partial charge in [0.1, 0.15) is 5.82 Å². The minimum Gasteiger partial charge on any atom is -0.377 e. The Morgan fingerprint density at radius 3 is 2.63 bits per heavy atom. The maximum absolute atomic E-state index is 13.4. The first-order valence-corrected chi connectivity index (χ1v) is 5.44. The molecule has 1 aromatic carbocycles. The lowest BCUT2D eigenvalue weighted by molar-refractivity contribution is -0.137. The number of nitrogens with zero attached hydrogens (tertiary/aromatic N) is 2. The molecular formula is C12H11F4N3. The molecule has 3 nitrogen and oxygen atoms in total. The monoisotopic (exact) mass is 273 g/mol. The van der Waals surface area contributed by atoms with Crippen molar-refractivity contribution < 1.29 is 17.6 Å². The Balaban J connectivity index is 2.18. The first-order chi connectivity index (χ1) is 8.88. The van der Waals surface area contributed by atoms with Gasteiger partial charge in [-0.2, -0.15) is 13.2 Å². The molecule has 0 amide bonds. The van der Waals surface area contributed by atoms with Crippen molar-refractivity contribution in [2.45, 2.75) is 12.7 Å². The van der Waals surface area contributed by atoms with Gasteiger partial charge in [0.2, 0.25) is 0 Å². The fourth-order valence-corrected chi connectivity index (χ4v) is 1.58. The van der Waals surface area contributed by atoms with Crippen molar-refractivity contribution in [2.75, 3.05) is 5.32 Å². The van der Waals surface area contributed by atoms with Crippen LogP contribution in [-0.2, 0) is 19.8 Å². The fraction of sp³-hybridized carbons (Fsp3) is 0.250. The first kappa shape index (κ1) is 13.4. The van der Waals surface area contributed by atoms with Crippen LogP contribution in [0.4, 0.5) is 23.2 Å². The number of aromatic nitrogens is 2. The van der Waals surface area contributed by atoms with E-state index in [9.17, 15) is 17.6 Å². The second-order valence-electron chi connectivity index (χ2n) is 4.04. The van der Waals surface area contributed by atoms with Crippen LogP contribution in [0.5, 0.6) is 0 Å². The number of imidazole rings is 1. The number of hydrogen-bond acceptors (Lipinski definition) is 2. The highest BCUT2D eigenvalue weighted by molar-refractivity contribution is 5.48. The summed E-state index contributed by atoms with van der Waals surface area (Å²) in [4.78, 5) is 3.86. The Bertz CT molecular complexity index is 575. The zero-order valence-electron chi connectivity index (χ0n) is 10.0. The molecule has 0 radical (unpaired) electrons. The fourth-order valence-electron chi connectivity index (χ4n) is 1.58. The molecular weight excluding hydrogens is 262 g/mol. The van der Waals surface area contributed by atoms with Crippen LogP contribution in [-0.4, -0.2) is 9.55 Å². The van der Waals surface area contributed by atoms with Gasteiger partial charge < -0.3 is 9.88 Å². The Kier molecular flexibility index (Phi) is 3.46. The third-order valence-electron chi connectivity index (χ3n) is 2.67. The third-order valence-corrected chi connectivity index (χ3v) is 2.67. The maximum Gasteiger partial charge on any atom is 0.416 e. The van der Waals surface area contributed by atoms with Gasteiger partial charge in [-0.25, -0.2) is 9.37 Å². The van der Waals surface area contributed by atoms with Crippen LogP contribution in [0.3, 0.4) is 0 Å². The second-order valence-corrected chi connectivity index (χ2v) is 4.04. The smallest absolute Gasteiger partial charge is 0.377 e. The third kappa shape index (κ3) is 3.04. The molecule has 0 saturated heterocycles. The van der Waals surface area contributed by atoms with Crippen LogP contribution in [0.2, 0.25) is 0 Å². The largest absolute Gasteiger partial charge is 0.416 e. The number of nitrogens with one attached hydrogen (secondary N) is 1. The van der Waals surface area contributed by atoms with E-state index in [0.717, 1.165) is 17.8 Å². The van der Waals surface area contributed by atoms with E-state index in [1.807, 2.05) is 0 Å². The van der Waals surface area contributed by atoms with E-state index in [0.29, 0.717) is 6.07 Å². The van der Waals surface area contributed by atoms with Gasteiger partial charge in [-0.05, 0) is 18.2 Å². The highest BCUT2D eigenvalue weighted by atomic mass is 19.4. The lowest BCUT2D eigenvalue weighted by Gasteiger charge is -2.11. The summed E-state index contributed by atoms with van der Waals surface area (Å²) in [6.07, 6.45) is -1.38. The van der Waals surface area contributed by atoms with Crippen molar-refractivity contribution in [3.8, 4) is 0 Å². The number of hydrogen-bond donors (Lipinski definition) is 1. The summed E-state index contributed by atoms with van der Waals surface area (Å²) in [7, 11) is 1.74. The molecule has 0 atom stereocenters. The number of aryl methyl sites for hydroxylation is 1. The Morgan fingerprint density at radius 1 is 1.32 bits per heavy atom. The molecule has 0 saturated carbocycles. The number of anilines is 1. The molecule has 102 valence electrons. The van der Waals surface area contributed by atoms with Crippen molar-refractivity contribution in [2.24, 2.45) is 7.05 Å². The summed E-state index contributed by atoms with van der Waals surface area (Å²) >= 11 is 0. The van der Waals surface area contributed by atoms with Crippen molar-refractivity contribution in [1.82, 2.24) is 9.55 Å². The lowest BCUT2D eigenvalue weighted by Crippen LogP contribution is -2.09. The van der Waals surface area contributed by atoms with Crippen molar-refractivity contribution in [3.63, 3.8) is 0 Å². The van der Waals surface area contributed by atoms with Crippen molar-refractivity contribution >= 4 is 5.69 Å². The first-order valence-electron chi connectivity index (χ1n) is 5.44. The van der Waals surface area contributed by atoms with Crippen LogP contribution in [0, 0.1) is 5.82 Å². The number of alkyl halides is 3. The standard InChI is InChI=1S/C12H11F4N3/c1-19-7-17-5-9(19)6-18-11-4-8(12(14,15)16)2-3-10(11)13/h2-5,7,18H,6H2,1H3. The van der Waals surface area contributed by atoms with Gasteiger partial charge in [-0.15, -0.1) is 0 Å². The van der Waals surface area contributed by atoms with Crippen LogP contribution in [0.15, 0.2) is 30.7 Å². The molecule has 0 unspecified atom stereocenters. The molecule has 2 rings (SSSR count). The van der Waals surface area contributed by atoms with Gasteiger partial charge in [0.25, 0.3) is 0 Å². The van der Waals surface area contributed by atoms with Crippen LogP contribution in [0.25, 0.3) is 0 Å². The molecule has 1 heterocycles. The molecule has 1 N–H and O–H groups in total. The minimum atomic E-state index is -4.49. The molecule has 1 aromatic heterocycles. The Hall–Kier alpha value is -2.05. The van der Waals surface area contributed by atoms with E-state index in [1.165, 1.54) is 0 Å². The number of rotatable bonds is 3. The summed E-state index contributed by atoms with van der Waals surface area (Å²) in [5, 5.41) is 2.63. The van der Waals surface area contributed by atoms with Gasteiger partial charge in [-0.1, -0.05) is 0 Å². The van der Waals surface area contributed by atoms with E-state index in [-0.39, 0.29) is 12.2 Å². The predicted octanol–water partition coefficient (Wildman–Crippen LogP) is 3.19. The molecule has 0 aliphatic rings. The second kappa shape index (κ2) is 4.91. The molecule has 7 heteroatoms. The minimum absolute atomic E-state index is 0.184. The van der Waals surface area contributed by atoms with E-state index < -0.39 is 17.6 Å². The van der Waals surface area contributed by atoms with E-state index in [1.54, 1.807) is 24.1 Å². The summed E-state index contributed by atoms with van der Waals surface area (Å²) in [5.41, 5.74) is -0.339. The van der Waals surface area contributed by atoms with Gasteiger partial charge in [0.05, 0.1) is 29.8 Å². The quantitative estimate of drug-likeness (QED) is 0.870. The average molecular weight is 273 g/mol. The molecule has 0 aliphatic heterocycles. The SMILES string of the molecule is Cn1cncc1CNc1cc(C(F)(F)F)ccc1F. The van der Waals surface area contributed by atoms with E-state index >= 15 is 0 Å². The Labute approximate surface area is 106 Å². The molecule has 0 bridgehead atoms. The van der Waals surface area contributed by atoms with Crippen molar-refractivity contribution in [3.05, 3.63) is 47.8 Å². The number of benzene rings is 1. The van der Waals surface area contributed by atoms with Crippen LogP contribution >= 0.6 is 0 Å². The topological polar surface area (TPSA) is 29.9 Å². The van der Waals surface area contributed by atoms with Gasteiger partial charge in [-0.3, -0.25) is 0 Å². The molecule has 2 aromatic rings. The predicted molar refractivity (Wildman–Crippen MR) is 61.9 cm³/mol. The van der Waals surface area contributed by atoms with Gasteiger partial charge in [0, 0.05) is 13.2 Å².